The van der Waals surface area contributed by atoms with E-state index in [1.54, 1.807) is 6.07 Å². The van der Waals surface area contributed by atoms with Crippen molar-refractivity contribution in [2.24, 2.45) is 0 Å². The first-order valence-electron chi connectivity index (χ1n) is 5.57. The van der Waals surface area contributed by atoms with E-state index in [0.717, 1.165) is 0 Å². The number of anilines is 1. The number of hydrogen-bond acceptors (Lipinski definition) is 3. The number of halogens is 3. The smallest absolute Gasteiger partial charge is 0.201 e. The third-order valence-electron chi connectivity index (χ3n) is 2.76. The van der Waals surface area contributed by atoms with Crippen LogP contribution in [0.5, 0.6) is 5.75 Å². The number of nitrogens with two attached hydrogens (primary N) is 1. The predicted octanol–water partition coefficient (Wildman–Crippen LogP) is 2.93. The van der Waals surface area contributed by atoms with Crippen LogP contribution in [0.4, 0.5) is 18.9 Å². The Balaban J connectivity index is 2.61. The summed E-state index contributed by atoms with van der Waals surface area (Å²) < 4.78 is 44.6. The minimum absolute atomic E-state index is 0.0542. The number of benzene rings is 2. The van der Waals surface area contributed by atoms with Gasteiger partial charge in [-0.3, -0.25) is 4.79 Å². The van der Waals surface area contributed by atoms with Crippen molar-refractivity contribution >= 4 is 11.5 Å². The molecule has 0 bridgehead atoms. The molecule has 0 radical (unpaired) electrons. The maximum absolute atomic E-state index is 13.6. The standard InChI is InChI=1S/C14H10F3NO2/c1-20-12-4-2-3-11(18)13(12)14(19)7-5-9(16)10(17)6-8(7)15/h2-6H,18H2,1H3. The number of carbonyl (C=O) groups excluding carboxylic acids is 1. The van der Waals surface area contributed by atoms with Crippen LogP contribution in [0.15, 0.2) is 30.3 Å². The fraction of sp³-hybridized carbons (Fsp3) is 0.0714. The van der Waals surface area contributed by atoms with E-state index in [4.69, 9.17) is 10.5 Å². The van der Waals surface area contributed by atoms with E-state index in [9.17, 15) is 18.0 Å². The zero-order valence-electron chi connectivity index (χ0n) is 10.4. The average molecular weight is 281 g/mol. The molecule has 2 N–H and O–H groups in total. The number of nitrogen functional groups attached to an aromatic ring is 1. The second kappa shape index (κ2) is 5.24. The second-order valence-electron chi connectivity index (χ2n) is 4.00. The first-order chi connectivity index (χ1) is 9.45. The topological polar surface area (TPSA) is 52.3 Å². The Bertz CT molecular complexity index is 686. The molecule has 20 heavy (non-hydrogen) atoms. The molecular weight excluding hydrogens is 271 g/mol. The molecule has 0 aliphatic heterocycles. The van der Waals surface area contributed by atoms with Crippen LogP contribution in [0, 0.1) is 17.5 Å². The predicted molar refractivity (Wildman–Crippen MR) is 67.2 cm³/mol. The molecule has 0 saturated carbocycles. The third-order valence-corrected chi connectivity index (χ3v) is 2.76. The Morgan fingerprint density at radius 1 is 1.10 bits per heavy atom. The van der Waals surface area contributed by atoms with E-state index < -0.39 is 28.8 Å². The summed E-state index contributed by atoms with van der Waals surface area (Å²) >= 11 is 0. The summed E-state index contributed by atoms with van der Waals surface area (Å²) in [6, 6.07) is 5.24. The fourth-order valence-electron chi connectivity index (χ4n) is 1.79. The highest BCUT2D eigenvalue weighted by molar-refractivity contribution is 6.14. The van der Waals surface area contributed by atoms with Crippen LogP contribution in [0.25, 0.3) is 0 Å². The molecule has 104 valence electrons. The summed E-state index contributed by atoms with van der Waals surface area (Å²) in [4.78, 5) is 12.2. The zero-order chi connectivity index (χ0) is 14.9. The van der Waals surface area contributed by atoms with Crippen molar-refractivity contribution in [1.29, 1.82) is 0 Å². The minimum atomic E-state index is -1.37. The van der Waals surface area contributed by atoms with Gasteiger partial charge in [0.1, 0.15) is 11.6 Å². The lowest BCUT2D eigenvalue weighted by Crippen LogP contribution is -2.10. The molecule has 3 nitrogen and oxygen atoms in total. The van der Waals surface area contributed by atoms with Gasteiger partial charge in [0.05, 0.1) is 18.2 Å². The van der Waals surface area contributed by atoms with Gasteiger partial charge in [-0.25, -0.2) is 13.2 Å². The molecule has 0 amide bonds. The number of ketones is 1. The van der Waals surface area contributed by atoms with Gasteiger partial charge in [-0.05, 0) is 18.2 Å². The summed E-state index contributed by atoms with van der Waals surface area (Å²) in [5, 5.41) is 0. The highest BCUT2D eigenvalue weighted by Gasteiger charge is 2.22. The van der Waals surface area contributed by atoms with E-state index >= 15 is 0 Å². The van der Waals surface area contributed by atoms with E-state index in [2.05, 4.69) is 0 Å². The first-order valence-corrected chi connectivity index (χ1v) is 5.57. The quantitative estimate of drug-likeness (QED) is 0.534. The average Bonchev–Trinajstić information content (AvgIpc) is 2.41. The van der Waals surface area contributed by atoms with E-state index in [0.29, 0.717) is 12.1 Å². The van der Waals surface area contributed by atoms with E-state index in [-0.39, 0.29) is 17.0 Å². The number of methoxy groups -OCH3 is 1. The van der Waals surface area contributed by atoms with Gasteiger partial charge in [-0.15, -0.1) is 0 Å². The molecule has 0 spiro atoms. The second-order valence-corrected chi connectivity index (χ2v) is 4.00. The van der Waals surface area contributed by atoms with Crippen molar-refractivity contribution in [2.75, 3.05) is 12.8 Å². The van der Waals surface area contributed by atoms with Gasteiger partial charge in [-0.1, -0.05) is 6.07 Å². The van der Waals surface area contributed by atoms with Crippen molar-refractivity contribution < 1.29 is 22.7 Å². The Hall–Kier alpha value is -2.50. The highest BCUT2D eigenvalue weighted by Crippen LogP contribution is 2.28. The van der Waals surface area contributed by atoms with Crippen molar-refractivity contribution in [1.82, 2.24) is 0 Å². The number of ether oxygens (including phenoxy) is 1. The SMILES string of the molecule is COc1cccc(N)c1C(=O)c1cc(F)c(F)cc1F. The fourth-order valence-corrected chi connectivity index (χ4v) is 1.79. The van der Waals surface area contributed by atoms with Crippen LogP contribution < -0.4 is 10.5 Å². The molecule has 0 saturated heterocycles. The van der Waals surface area contributed by atoms with Gasteiger partial charge in [-0.2, -0.15) is 0 Å². The van der Waals surface area contributed by atoms with E-state index in [1.165, 1.54) is 19.2 Å². The maximum Gasteiger partial charge on any atom is 0.201 e. The van der Waals surface area contributed by atoms with Gasteiger partial charge in [0.25, 0.3) is 0 Å². The molecule has 2 aromatic rings. The van der Waals surface area contributed by atoms with Crippen LogP contribution in [0.2, 0.25) is 0 Å². The van der Waals surface area contributed by atoms with Crippen LogP contribution in [-0.4, -0.2) is 12.9 Å². The number of carbonyl (C=O) groups is 1. The van der Waals surface area contributed by atoms with Gasteiger partial charge in [0.2, 0.25) is 5.78 Å². The molecule has 0 unspecified atom stereocenters. The van der Waals surface area contributed by atoms with E-state index in [1.807, 2.05) is 0 Å². The molecular formula is C14H10F3NO2. The highest BCUT2D eigenvalue weighted by atomic mass is 19.2. The molecule has 0 aliphatic carbocycles. The number of hydrogen-bond donors (Lipinski definition) is 1. The van der Waals surface area contributed by atoms with Crippen LogP contribution >= 0.6 is 0 Å². The lowest BCUT2D eigenvalue weighted by atomic mass is 10.00. The normalized spacial score (nSPS) is 10.4. The maximum atomic E-state index is 13.6. The first kappa shape index (κ1) is 13.9. The molecule has 0 heterocycles. The Kier molecular flexibility index (Phi) is 3.65. The van der Waals surface area contributed by atoms with Crippen molar-refractivity contribution in [2.45, 2.75) is 0 Å². The van der Waals surface area contributed by atoms with Crippen LogP contribution in [0.3, 0.4) is 0 Å². The summed E-state index contributed by atoms with van der Waals surface area (Å²) in [7, 11) is 1.31. The third kappa shape index (κ3) is 2.32. The zero-order valence-corrected chi connectivity index (χ0v) is 10.4. The minimum Gasteiger partial charge on any atom is -0.496 e. The molecule has 2 rings (SSSR count). The summed E-state index contributed by atoms with van der Waals surface area (Å²) in [6.45, 7) is 0. The summed E-state index contributed by atoms with van der Waals surface area (Å²) in [5.74, 6) is -4.61. The summed E-state index contributed by atoms with van der Waals surface area (Å²) in [5.41, 5.74) is 5.01. The largest absolute Gasteiger partial charge is 0.496 e. The Morgan fingerprint density at radius 3 is 2.40 bits per heavy atom. The molecule has 6 heteroatoms. The molecule has 0 aliphatic rings. The van der Waals surface area contributed by atoms with Crippen molar-refractivity contribution in [3.63, 3.8) is 0 Å². The van der Waals surface area contributed by atoms with Gasteiger partial charge >= 0.3 is 0 Å². The van der Waals surface area contributed by atoms with Gasteiger partial charge < -0.3 is 10.5 Å². The lowest BCUT2D eigenvalue weighted by molar-refractivity contribution is 0.103. The van der Waals surface area contributed by atoms with Crippen LogP contribution in [0.1, 0.15) is 15.9 Å². The molecule has 0 atom stereocenters. The molecule has 0 fully saturated rings. The van der Waals surface area contributed by atoms with Crippen LogP contribution in [-0.2, 0) is 0 Å². The van der Waals surface area contributed by atoms with Crippen molar-refractivity contribution in [3.8, 4) is 5.75 Å². The molecule has 0 aromatic heterocycles. The summed E-state index contributed by atoms with van der Waals surface area (Å²) in [6.07, 6.45) is 0. The van der Waals surface area contributed by atoms with Crippen molar-refractivity contribution in [3.05, 3.63) is 58.9 Å². The Labute approximate surface area is 112 Å². The number of rotatable bonds is 3. The lowest BCUT2D eigenvalue weighted by Gasteiger charge is -2.11. The Morgan fingerprint density at radius 2 is 1.75 bits per heavy atom. The molecule has 2 aromatic carbocycles. The van der Waals surface area contributed by atoms with Gasteiger partial charge in [0.15, 0.2) is 11.6 Å². The monoisotopic (exact) mass is 281 g/mol. The van der Waals surface area contributed by atoms with Gasteiger partial charge in [0, 0.05) is 11.8 Å².